The number of fused-ring (bicyclic) bond motifs is 9. The van der Waals surface area contributed by atoms with Crippen LogP contribution in [0.4, 0.5) is 0 Å². The van der Waals surface area contributed by atoms with E-state index < -0.39 is 0 Å². The van der Waals surface area contributed by atoms with Gasteiger partial charge in [-0.25, -0.2) is 15.0 Å². The van der Waals surface area contributed by atoms with E-state index >= 15 is 0 Å². The number of hydrogen-bond donors (Lipinski definition) is 0. The lowest BCUT2D eigenvalue weighted by Gasteiger charge is -2.11. The van der Waals surface area contributed by atoms with Crippen LogP contribution in [0.2, 0.25) is 0 Å². The molecule has 1 aliphatic rings. The monoisotopic (exact) mass is 630 g/mol. The number of hydrogen-bond acceptors (Lipinski definition) is 6. The van der Waals surface area contributed by atoms with Gasteiger partial charge >= 0.3 is 0 Å². The fraction of sp³-hybridized carbons (Fsp3) is 0. The average Bonchev–Trinajstić information content (AvgIpc) is 3.82. The van der Waals surface area contributed by atoms with Crippen LogP contribution in [0.5, 0.6) is 0 Å². The van der Waals surface area contributed by atoms with Crippen LogP contribution in [0.25, 0.3) is 109 Å². The van der Waals surface area contributed by atoms with E-state index in [4.69, 9.17) is 19.4 Å². The van der Waals surface area contributed by atoms with Gasteiger partial charge in [-0.15, -0.1) is 11.3 Å². The second kappa shape index (κ2) is 9.64. The molecule has 0 saturated carbocycles. The molecule has 222 valence electrons. The lowest BCUT2D eigenvalue weighted by Crippen LogP contribution is -2.00. The number of pyridine rings is 1. The normalized spacial score (nSPS) is 12.2. The molecule has 11 rings (SSSR count). The Hall–Kier alpha value is -6.24. The van der Waals surface area contributed by atoms with Crippen molar-refractivity contribution in [1.82, 2.24) is 19.9 Å². The van der Waals surface area contributed by atoms with Gasteiger partial charge in [0.25, 0.3) is 0 Å². The Kier molecular flexibility index (Phi) is 5.20. The SMILES string of the molecule is c1cc2c3c(cncc3c1)-c1ccc(-c3nc(-c4ccc5c(c4)sc4ccccc45)nc(-c4cccc5oc6ccccc6c45)n3)cc1-2. The Labute approximate surface area is 277 Å². The third-order valence-electron chi connectivity index (χ3n) is 9.56. The van der Waals surface area contributed by atoms with Crippen LogP contribution in [0.15, 0.2) is 138 Å². The molecule has 5 nitrogen and oxygen atoms in total. The first-order valence-electron chi connectivity index (χ1n) is 15.9. The first-order chi connectivity index (χ1) is 23.8. The van der Waals surface area contributed by atoms with Gasteiger partial charge in [0.1, 0.15) is 11.2 Å². The summed E-state index contributed by atoms with van der Waals surface area (Å²) < 4.78 is 8.73. The van der Waals surface area contributed by atoms with Crippen molar-refractivity contribution in [2.45, 2.75) is 0 Å². The second-order valence-corrected chi connectivity index (χ2v) is 13.3. The molecular weight excluding hydrogens is 609 g/mol. The fourth-order valence-corrected chi connectivity index (χ4v) is 8.53. The first-order valence-corrected chi connectivity index (χ1v) is 16.7. The summed E-state index contributed by atoms with van der Waals surface area (Å²) in [5.41, 5.74) is 9.16. The van der Waals surface area contributed by atoms with E-state index in [0.717, 1.165) is 49.6 Å². The summed E-state index contributed by atoms with van der Waals surface area (Å²) in [6, 6.07) is 42.2. The van der Waals surface area contributed by atoms with E-state index in [0.29, 0.717) is 17.5 Å². The third kappa shape index (κ3) is 3.66. The molecule has 4 aromatic heterocycles. The van der Waals surface area contributed by atoms with Gasteiger partial charge in [0.15, 0.2) is 17.5 Å². The van der Waals surface area contributed by atoms with Crippen LogP contribution in [0.3, 0.4) is 0 Å². The molecule has 0 fully saturated rings. The minimum Gasteiger partial charge on any atom is -0.456 e. The van der Waals surface area contributed by atoms with Crippen molar-refractivity contribution in [3.63, 3.8) is 0 Å². The van der Waals surface area contributed by atoms with Gasteiger partial charge < -0.3 is 4.42 Å². The smallest absolute Gasteiger partial charge is 0.164 e. The second-order valence-electron chi connectivity index (χ2n) is 12.2. The zero-order valence-corrected chi connectivity index (χ0v) is 26.1. The van der Waals surface area contributed by atoms with E-state index in [9.17, 15) is 0 Å². The molecule has 0 N–H and O–H groups in total. The Balaban J connectivity index is 1.16. The molecule has 0 amide bonds. The zero-order chi connectivity index (χ0) is 31.3. The molecular formula is C42H22N4OS. The molecule has 6 aromatic carbocycles. The fourth-order valence-electron chi connectivity index (χ4n) is 7.39. The van der Waals surface area contributed by atoms with Crippen molar-refractivity contribution in [3.8, 4) is 56.4 Å². The number of nitrogens with zero attached hydrogens (tertiary/aromatic N) is 4. The highest BCUT2D eigenvalue weighted by molar-refractivity contribution is 7.25. The topological polar surface area (TPSA) is 64.7 Å². The van der Waals surface area contributed by atoms with Gasteiger partial charge in [0, 0.05) is 76.4 Å². The summed E-state index contributed by atoms with van der Waals surface area (Å²) in [7, 11) is 0. The number of rotatable bonds is 3. The van der Waals surface area contributed by atoms with Crippen molar-refractivity contribution < 1.29 is 4.42 Å². The molecule has 0 bridgehead atoms. The molecule has 0 atom stereocenters. The van der Waals surface area contributed by atoms with E-state index in [1.807, 2.05) is 42.7 Å². The first kappa shape index (κ1) is 25.9. The van der Waals surface area contributed by atoms with Crippen molar-refractivity contribution in [2.24, 2.45) is 0 Å². The molecule has 0 radical (unpaired) electrons. The number of thiophene rings is 1. The van der Waals surface area contributed by atoms with Gasteiger partial charge in [-0.1, -0.05) is 91.0 Å². The van der Waals surface area contributed by atoms with Crippen molar-refractivity contribution >= 4 is 64.2 Å². The Morgan fingerprint density at radius 3 is 2.10 bits per heavy atom. The minimum absolute atomic E-state index is 0.610. The number of furan rings is 1. The molecule has 0 aliphatic heterocycles. The predicted octanol–water partition coefficient (Wildman–Crippen LogP) is 11.3. The van der Waals surface area contributed by atoms with Crippen LogP contribution in [-0.2, 0) is 0 Å². The highest BCUT2D eigenvalue weighted by Crippen LogP contribution is 2.48. The molecule has 0 spiro atoms. The third-order valence-corrected chi connectivity index (χ3v) is 10.7. The van der Waals surface area contributed by atoms with Crippen molar-refractivity contribution in [3.05, 3.63) is 134 Å². The molecule has 10 aromatic rings. The van der Waals surface area contributed by atoms with Gasteiger partial charge in [-0.3, -0.25) is 4.98 Å². The van der Waals surface area contributed by atoms with Crippen LogP contribution < -0.4 is 0 Å². The Morgan fingerprint density at radius 1 is 0.438 bits per heavy atom. The van der Waals surface area contributed by atoms with Crippen LogP contribution in [-0.4, -0.2) is 19.9 Å². The summed E-state index contributed by atoms with van der Waals surface area (Å²) in [4.78, 5) is 20.0. The maximum atomic E-state index is 6.26. The standard InChI is InChI=1S/C42H22N4OS/c1-3-12-34-30(9-1)39-31(11-6-13-35(39)47-34)42-45-40(23-15-17-26-32(19-23)29-10-5-7-25-21-43-22-33(26)38(25)29)44-41(46-42)24-16-18-28-27-8-2-4-14-36(27)48-37(28)20-24/h1-22H. The van der Waals surface area contributed by atoms with Gasteiger partial charge in [-0.2, -0.15) is 0 Å². The maximum absolute atomic E-state index is 6.26. The number of aromatic nitrogens is 4. The van der Waals surface area contributed by atoms with E-state index in [2.05, 4.69) is 96.0 Å². The molecule has 0 saturated heterocycles. The Morgan fingerprint density at radius 2 is 1.17 bits per heavy atom. The molecule has 0 unspecified atom stereocenters. The van der Waals surface area contributed by atoms with E-state index in [1.165, 1.54) is 42.2 Å². The maximum Gasteiger partial charge on any atom is 0.164 e. The van der Waals surface area contributed by atoms with E-state index in [-0.39, 0.29) is 0 Å². The average molecular weight is 631 g/mol. The molecule has 4 heterocycles. The van der Waals surface area contributed by atoms with Crippen LogP contribution in [0, 0.1) is 0 Å². The largest absolute Gasteiger partial charge is 0.456 e. The zero-order valence-electron chi connectivity index (χ0n) is 25.3. The Bertz CT molecular complexity index is 2970. The summed E-state index contributed by atoms with van der Waals surface area (Å²) in [5.74, 6) is 1.87. The molecule has 1 aliphatic carbocycles. The number of benzene rings is 6. The van der Waals surface area contributed by atoms with Crippen molar-refractivity contribution in [2.75, 3.05) is 0 Å². The minimum atomic E-state index is 0.610. The van der Waals surface area contributed by atoms with Gasteiger partial charge in [-0.05, 0) is 47.0 Å². The highest BCUT2D eigenvalue weighted by atomic mass is 32.1. The van der Waals surface area contributed by atoms with Crippen LogP contribution in [0.1, 0.15) is 0 Å². The van der Waals surface area contributed by atoms with Gasteiger partial charge in [0.2, 0.25) is 0 Å². The summed E-state index contributed by atoms with van der Waals surface area (Å²) in [5, 5.41) is 6.93. The lowest BCUT2D eigenvalue weighted by atomic mass is 10.0. The number of para-hydroxylation sites is 1. The summed E-state index contributed by atoms with van der Waals surface area (Å²) in [6.45, 7) is 0. The van der Waals surface area contributed by atoms with Gasteiger partial charge in [0.05, 0.1) is 0 Å². The highest BCUT2D eigenvalue weighted by Gasteiger charge is 2.24. The summed E-state index contributed by atoms with van der Waals surface area (Å²) in [6.07, 6.45) is 3.91. The van der Waals surface area contributed by atoms with Crippen molar-refractivity contribution in [1.29, 1.82) is 0 Å². The van der Waals surface area contributed by atoms with E-state index in [1.54, 1.807) is 11.3 Å². The van der Waals surface area contributed by atoms with Crippen LogP contribution >= 0.6 is 11.3 Å². The molecule has 48 heavy (non-hydrogen) atoms. The lowest BCUT2D eigenvalue weighted by molar-refractivity contribution is 0.669. The summed E-state index contributed by atoms with van der Waals surface area (Å²) >= 11 is 1.79. The predicted molar refractivity (Wildman–Crippen MR) is 196 cm³/mol. The quantitative estimate of drug-likeness (QED) is 0.194. The molecule has 6 heteroatoms.